The van der Waals surface area contributed by atoms with E-state index in [1.807, 2.05) is 12.1 Å². The molecule has 8 heteroatoms. The van der Waals surface area contributed by atoms with Gasteiger partial charge < -0.3 is 29.1 Å². The summed E-state index contributed by atoms with van der Waals surface area (Å²) in [5.74, 6) is 0.0919. The second-order valence-corrected chi connectivity index (χ2v) is 8.15. The van der Waals surface area contributed by atoms with Crippen molar-refractivity contribution in [2.45, 2.75) is 19.9 Å². The smallest absolute Gasteiger partial charge is 0.295 e. The first-order chi connectivity index (χ1) is 16.5. The van der Waals surface area contributed by atoms with E-state index < -0.39 is 17.7 Å². The maximum atomic E-state index is 13.2. The van der Waals surface area contributed by atoms with E-state index in [4.69, 9.17) is 14.2 Å². The number of methoxy groups -OCH3 is 1. The van der Waals surface area contributed by atoms with Crippen molar-refractivity contribution in [3.05, 3.63) is 59.2 Å². The zero-order chi connectivity index (χ0) is 24.2. The van der Waals surface area contributed by atoms with Crippen LogP contribution in [0.25, 0.3) is 5.76 Å². The normalized spacial score (nSPS) is 19.1. The zero-order valence-corrected chi connectivity index (χ0v) is 19.7. The molecule has 2 aliphatic heterocycles. The molecule has 4 rings (SSSR count). The number of likely N-dealkylation sites (N-methyl/N-ethyl adjacent to an activating group) is 1. The molecule has 1 saturated heterocycles. The van der Waals surface area contributed by atoms with Crippen LogP contribution in [0.2, 0.25) is 0 Å². The van der Waals surface area contributed by atoms with E-state index in [-0.39, 0.29) is 11.3 Å². The minimum Gasteiger partial charge on any atom is -0.507 e. The molecule has 2 aromatic carbocycles. The van der Waals surface area contributed by atoms with E-state index in [1.54, 1.807) is 42.3 Å². The Bertz CT molecular complexity index is 1110. The molecular formula is C26H30N2O6. The third kappa shape index (κ3) is 4.46. The molecule has 0 radical (unpaired) electrons. The van der Waals surface area contributed by atoms with Crippen molar-refractivity contribution < 1.29 is 28.9 Å². The lowest BCUT2D eigenvalue weighted by atomic mass is 9.95. The number of likely N-dealkylation sites (tertiary alicyclic amines) is 1. The fourth-order valence-electron chi connectivity index (χ4n) is 4.40. The minimum absolute atomic E-state index is 0.0504. The van der Waals surface area contributed by atoms with Crippen molar-refractivity contribution in [2.24, 2.45) is 0 Å². The number of aliphatic hydroxyl groups is 1. The Morgan fingerprint density at radius 3 is 2.53 bits per heavy atom. The van der Waals surface area contributed by atoms with Gasteiger partial charge in [-0.25, -0.2) is 0 Å². The second kappa shape index (κ2) is 10.2. The Labute approximate surface area is 199 Å². The first-order valence-corrected chi connectivity index (χ1v) is 11.5. The quantitative estimate of drug-likeness (QED) is 0.363. The number of benzene rings is 2. The van der Waals surface area contributed by atoms with Crippen molar-refractivity contribution >= 4 is 17.4 Å². The number of hydrogen-bond donors (Lipinski definition) is 1. The highest BCUT2D eigenvalue weighted by Gasteiger charge is 2.46. The Morgan fingerprint density at radius 1 is 1.09 bits per heavy atom. The molecule has 0 aromatic heterocycles. The lowest BCUT2D eigenvalue weighted by Crippen LogP contribution is -2.38. The molecule has 2 heterocycles. The first-order valence-electron chi connectivity index (χ1n) is 11.5. The molecule has 8 nitrogen and oxygen atoms in total. The number of rotatable bonds is 8. The van der Waals surface area contributed by atoms with Crippen molar-refractivity contribution in [1.29, 1.82) is 0 Å². The van der Waals surface area contributed by atoms with E-state index in [0.717, 1.165) is 13.1 Å². The van der Waals surface area contributed by atoms with Crippen LogP contribution in [0.1, 0.15) is 31.0 Å². The van der Waals surface area contributed by atoms with Gasteiger partial charge in [0.15, 0.2) is 11.5 Å². The van der Waals surface area contributed by atoms with Crippen molar-refractivity contribution in [3.8, 4) is 17.2 Å². The van der Waals surface area contributed by atoms with E-state index in [2.05, 4.69) is 18.7 Å². The lowest BCUT2D eigenvalue weighted by Gasteiger charge is -2.28. The number of aliphatic hydroxyl groups excluding tert-OH is 1. The summed E-state index contributed by atoms with van der Waals surface area (Å²) in [4.78, 5) is 30.1. The third-order valence-electron chi connectivity index (χ3n) is 6.32. The van der Waals surface area contributed by atoms with Gasteiger partial charge in [0.1, 0.15) is 24.7 Å². The maximum Gasteiger partial charge on any atom is 0.295 e. The zero-order valence-electron chi connectivity index (χ0n) is 19.7. The molecule has 0 aliphatic carbocycles. The van der Waals surface area contributed by atoms with Crippen LogP contribution in [0.15, 0.2) is 48.0 Å². The molecule has 1 fully saturated rings. The van der Waals surface area contributed by atoms with Gasteiger partial charge in [0.25, 0.3) is 11.7 Å². The molecule has 0 spiro atoms. The van der Waals surface area contributed by atoms with Gasteiger partial charge in [-0.05, 0) is 49.0 Å². The standard InChI is InChI=1S/C26H30N2O6/c1-4-27(5-2)11-12-28-23(17-7-6-8-19(15-17)32-3)22(25(30)26(28)31)24(29)18-9-10-20-21(16-18)34-14-13-33-20/h6-10,15-16,23,29H,4-5,11-14H2,1-3H3/b24-22+. The molecule has 2 aromatic rings. The van der Waals surface area contributed by atoms with Crippen LogP contribution in [0.5, 0.6) is 17.2 Å². The summed E-state index contributed by atoms with van der Waals surface area (Å²) in [6, 6.07) is 11.5. The number of Topliss-reactive ketones (excluding diaryl/α,β-unsaturated/α-hetero) is 1. The van der Waals surface area contributed by atoms with Crippen molar-refractivity contribution in [2.75, 3.05) is 46.5 Å². The van der Waals surface area contributed by atoms with Crippen molar-refractivity contribution in [1.82, 2.24) is 9.80 Å². The number of ether oxygens (including phenoxy) is 3. The van der Waals surface area contributed by atoms with Crippen LogP contribution in [-0.2, 0) is 9.59 Å². The monoisotopic (exact) mass is 466 g/mol. The van der Waals surface area contributed by atoms with Crippen LogP contribution in [0, 0.1) is 0 Å². The first kappa shape index (κ1) is 23.6. The summed E-state index contributed by atoms with van der Waals surface area (Å²) in [6.45, 7) is 7.60. The van der Waals surface area contributed by atoms with Gasteiger partial charge in [-0.3, -0.25) is 9.59 Å². The van der Waals surface area contributed by atoms with Crippen LogP contribution in [-0.4, -0.2) is 73.1 Å². The van der Waals surface area contributed by atoms with E-state index in [0.29, 0.717) is 54.7 Å². The van der Waals surface area contributed by atoms with E-state index in [9.17, 15) is 14.7 Å². The Balaban J connectivity index is 1.80. The molecule has 1 atom stereocenters. The van der Waals surface area contributed by atoms with Gasteiger partial charge in [-0.2, -0.15) is 0 Å². The van der Waals surface area contributed by atoms with Crippen LogP contribution in [0.3, 0.4) is 0 Å². The number of carbonyl (C=O) groups is 2. The molecule has 0 saturated carbocycles. The summed E-state index contributed by atoms with van der Waals surface area (Å²) in [7, 11) is 1.56. The molecule has 1 amide bonds. The largest absolute Gasteiger partial charge is 0.507 e. The predicted octanol–water partition coefficient (Wildman–Crippen LogP) is 3.23. The average Bonchev–Trinajstić information content (AvgIpc) is 3.13. The van der Waals surface area contributed by atoms with Gasteiger partial charge >= 0.3 is 0 Å². The summed E-state index contributed by atoms with van der Waals surface area (Å²) >= 11 is 0. The lowest BCUT2D eigenvalue weighted by molar-refractivity contribution is -0.140. The van der Waals surface area contributed by atoms with E-state index in [1.165, 1.54) is 0 Å². The Morgan fingerprint density at radius 2 is 1.82 bits per heavy atom. The number of amides is 1. The third-order valence-corrected chi connectivity index (χ3v) is 6.32. The molecular weight excluding hydrogens is 436 g/mol. The number of ketones is 1. The number of fused-ring (bicyclic) bond motifs is 1. The Kier molecular flexibility index (Phi) is 7.07. The van der Waals surface area contributed by atoms with Gasteiger partial charge in [0.05, 0.1) is 18.7 Å². The number of carbonyl (C=O) groups excluding carboxylic acids is 2. The van der Waals surface area contributed by atoms with E-state index >= 15 is 0 Å². The van der Waals surface area contributed by atoms with Crippen LogP contribution >= 0.6 is 0 Å². The molecule has 1 unspecified atom stereocenters. The summed E-state index contributed by atoms with van der Waals surface area (Å²) < 4.78 is 16.6. The number of nitrogens with zero attached hydrogens (tertiary/aromatic N) is 2. The predicted molar refractivity (Wildman–Crippen MR) is 127 cm³/mol. The van der Waals surface area contributed by atoms with Gasteiger partial charge in [0.2, 0.25) is 0 Å². The van der Waals surface area contributed by atoms with Crippen molar-refractivity contribution in [3.63, 3.8) is 0 Å². The molecule has 34 heavy (non-hydrogen) atoms. The molecule has 2 aliphatic rings. The fraction of sp³-hybridized carbons (Fsp3) is 0.385. The van der Waals surface area contributed by atoms with Gasteiger partial charge in [-0.15, -0.1) is 0 Å². The molecule has 1 N–H and O–H groups in total. The highest BCUT2D eigenvalue weighted by molar-refractivity contribution is 6.46. The van der Waals surface area contributed by atoms with Crippen LogP contribution in [0.4, 0.5) is 0 Å². The van der Waals surface area contributed by atoms with Gasteiger partial charge in [0, 0.05) is 18.7 Å². The topological polar surface area (TPSA) is 88.5 Å². The minimum atomic E-state index is -0.737. The fourth-order valence-corrected chi connectivity index (χ4v) is 4.40. The highest BCUT2D eigenvalue weighted by atomic mass is 16.6. The van der Waals surface area contributed by atoms with Crippen LogP contribution < -0.4 is 14.2 Å². The molecule has 0 bridgehead atoms. The Hall–Kier alpha value is -3.52. The number of hydrogen-bond acceptors (Lipinski definition) is 7. The SMILES string of the molecule is CCN(CC)CCN1C(=O)C(=O)/C(=C(/O)c2ccc3c(c2)OCCO3)C1c1cccc(OC)c1. The second-order valence-electron chi connectivity index (χ2n) is 8.15. The average molecular weight is 467 g/mol. The summed E-state index contributed by atoms with van der Waals surface area (Å²) in [5, 5.41) is 11.3. The summed E-state index contributed by atoms with van der Waals surface area (Å²) in [6.07, 6.45) is 0. The highest BCUT2D eigenvalue weighted by Crippen LogP contribution is 2.41. The maximum absolute atomic E-state index is 13.2. The summed E-state index contributed by atoms with van der Waals surface area (Å²) in [5.41, 5.74) is 1.13. The van der Waals surface area contributed by atoms with Gasteiger partial charge in [-0.1, -0.05) is 26.0 Å². The molecule has 180 valence electrons.